The molecule has 4 nitrogen and oxygen atoms in total. The van der Waals surface area contributed by atoms with Gasteiger partial charge in [0.15, 0.2) is 0 Å². The highest BCUT2D eigenvalue weighted by Crippen LogP contribution is 2.12. The van der Waals surface area contributed by atoms with Gasteiger partial charge in [-0.3, -0.25) is 4.79 Å². The lowest BCUT2D eigenvalue weighted by Crippen LogP contribution is -2.34. The number of thiol groups is 1. The minimum Gasteiger partial charge on any atom is -0.464 e. The maximum absolute atomic E-state index is 11.1. The lowest BCUT2D eigenvalue weighted by molar-refractivity contribution is -0.145. The van der Waals surface area contributed by atoms with Gasteiger partial charge in [-0.2, -0.15) is 12.6 Å². The third kappa shape index (κ3) is 3.54. The van der Waals surface area contributed by atoms with E-state index in [2.05, 4.69) is 12.6 Å². The van der Waals surface area contributed by atoms with Gasteiger partial charge in [0.25, 0.3) is 0 Å². The minimum atomic E-state index is -0.606. The molecule has 5 heteroatoms. The van der Waals surface area contributed by atoms with Gasteiger partial charge in [-0.1, -0.05) is 0 Å². The first kappa shape index (κ1) is 10.8. The number of hydrogen-bond donors (Lipinski definition) is 2. The zero-order chi connectivity index (χ0) is 9.68. The summed E-state index contributed by atoms with van der Waals surface area (Å²) in [7, 11) is 0. The molecule has 0 aromatic carbocycles. The van der Waals surface area contributed by atoms with E-state index in [1.165, 1.54) is 0 Å². The van der Waals surface area contributed by atoms with Crippen LogP contribution in [0.15, 0.2) is 0 Å². The summed E-state index contributed by atoms with van der Waals surface area (Å²) < 4.78 is 10.1. The summed E-state index contributed by atoms with van der Waals surface area (Å²) in [6.45, 7) is 1.87. The lowest BCUT2D eigenvalue weighted by atomic mass is 10.1. The first-order valence-corrected chi connectivity index (χ1v) is 4.98. The smallest absolute Gasteiger partial charge is 0.323 e. The summed E-state index contributed by atoms with van der Waals surface area (Å²) in [6.07, 6.45) is 0.962. The topological polar surface area (TPSA) is 61.6 Å². The van der Waals surface area contributed by atoms with Gasteiger partial charge >= 0.3 is 5.97 Å². The second kappa shape index (κ2) is 5.47. The number of rotatable bonds is 4. The predicted molar refractivity (Wildman–Crippen MR) is 51.7 cm³/mol. The van der Waals surface area contributed by atoms with Gasteiger partial charge < -0.3 is 15.2 Å². The molecule has 0 aromatic rings. The Morgan fingerprint density at radius 1 is 1.77 bits per heavy atom. The highest BCUT2D eigenvalue weighted by Gasteiger charge is 2.19. The number of carbonyl (C=O) groups excluding carboxylic acids is 1. The molecule has 2 N–H and O–H groups in total. The van der Waals surface area contributed by atoms with Crippen molar-refractivity contribution < 1.29 is 14.3 Å². The molecule has 1 heterocycles. The molecular weight excluding hydrogens is 190 g/mol. The Labute approximate surface area is 83.2 Å². The van der Waals surface area contributed by atoms with Crippen LogP contribution in [0.1, 0.15) is 6.42 Å². The fraction of sp³-hybridized carbons (Fsp3) is 0.875. The molecule has 13 heavy (non-hydrogen) atoms. The molecule has 0 aromatic heterocycles. The summed E-state index contributed by atoms with van der Waals surface area (Å²) in [4.78, 5) is 11.1. The molecule has 0 spiro atoms. The van der Waals surface area contributed by atoms with E-state index in [4.69, 9.17) is 15.2 Å². The Kier molecular flexibility index (Phi) is 4.55. The average Bonchev–Trinajstić information content (AvgIpc) is 2.65. The first-order chi connectivity index (χ1) is 6.24. The molecule has 0 aliphatic carbocycles. The van der Waals surface area contributed by atoms with E-state index >= 15 is 0 Å². The molecule has 1 aliphatic rings. The molecule has 76 valence electrons. The molecule has 0 amide bonds. The van der Waals surface area contributed by atoms with Crippen molar-refractivity contribution in [2.75, 3.05) is 25.6 Å². The first-order valence-electron chi connectivity index (χ1n) is 4.35. The van der Waals surface area contributed by atoms with Crippen molar-refractivity contribution >= 4 is 18.6 Å². The van der Waals surface area contributed by atoms with Crippen LogP contribution in [0, 0.1) is 5.92 Å². The molecule has 0 radical (unpaired) electrons. The molecular formula is C8H15NO3S. The quantitative estimate of drug-likeness (QED) is 0.494. The van der Waals surface area contributed by atoms with Gasteiger partial charge in [-0.25, -0.2) is 0 Å². The maximum Gasteiger partial charge on any atom is 0.323 e. The van der Waals surface area contributed by atoms with E-state index in [0.29, 0.717) is 24.9 Å². The van der Waals surface area contributed by atoms with Crippen LogP contribution in [0.2, 0.25) is 0 Å². The van der Waals surface area contributed by atoms with Gasteiger partial charge in [0.2, 0.25) is 0 Å². The summed E-state index contributed by atoms with van der Waals surface area (Å²) in [5.41, 5.74) is 5.42. The number of nitrogens with two attached hydrogens (primary N) is 1. The third-order valence-electron chi connectivity index (χ3n) is 1.98. The molecule has 1 aliphatic heterocycles. The average molecular weight is 205 g/mol. The Morgan fingerprint density at radius 3 is 3.08 bits per heavy atom. The van der Waals surface area contributed by atoms with Crippen molar-refractivity contribution in [1.29, 1.82) is 0 Å². The molecule has 1 saturated heterocycles. The molecule has 2 unspecified atom stereocenters. The highest BCUT2D eigenvalue weighted by molar-refractivity contribution is 7.80. The monoisotopic (exact) mass is 205 g/mol. The van der Waals surface area contributed by atoms with E-state index in [1.54, 1.807) is 0 Å². The van der Waals surface area contributed by atoms with Crippen molar-refractivity contribution in [3.05, 3.63) is 0 Å². The van der Waals surface area contributed by atoms with Gasteiger partial charge in [0.1, 0.15) is 6.04 Å². The van der Waals surface area contributed by atoms with Crippen molar-refractivity contribution in [2.45, 2.75) is 12.5 Å². The van der Waals surface area contributed by atoms with E-state index in [-0.39, 0.29) is 5.97 Å². The van der Waals surface area contributed by atoms with Crippen molar-refractivity contribution in [2.24, 2.45) is 11.7 Å². The van der Waals surface area contributed by atoms with E-state index in [0.717, 1.165) is 13.0 Å². The van der Waals surface area contributed by atoms with Gasteiger partial charge in [0, 0.05) is 18.3 Å². The predicted octanol–water partition coefficient (Wildman–Crippen LogP) is -0.177. The van der Waals surface area contributed by atoms with Gasteiger partial charge in [0.05, 0.1) is 13.2 Å². The van der Waals surface area contributed by atoms with Crippen LogP contribution in [0.3, 0.4) is 0 Å². The maximum atomic E-state index is 11.1. The Bertz CT molecular complexity index is 171. The zero-order valence-corrected chi connectivity index (χ0v) is 8.33. The van der Waals surface area contributed by atoms with Crippen molar-refractivity contribution in [1.82, 2.24) is 0 Å². The van der Waals surface area contributed by atoms with Crippen LogP contribution >= 0.6 is 12.6 Å². The number of carbonyl (C=O) groups is 1. The highest BCUT2D eigenvalue weighted by atomic mass is 32.1. The van der Waals surface area contributed by atoms with Crippen LogP contribution in [0.4, 0.5) is 0 Å². The molecule has 0 bridgehead atoms. The van der Waals surface area contributed by atoms with Crippen LogP contribution in [-0.2, 0) is 14.3 Å². The standard InChI is InChI=1S/C8H15NO3S/c9-7(5-13)8(10)12-4-6-1-2-11-3-6/h6-7,13H,1-5,9H2. The number of esters is 1. The van der Waals surface area contributed by atoms with Crippen LogP contribution in [-0.4, -0.2) is 37.6 Å². The molecule has 1 rings (SSSR count). The fourth-order valence-electron chi connectivity index (χ4n) is 1.10. The number of hydrogen-bond acceptors (Lipinski definition) is 5. The largest absolute Gasteiger partial charge is 0.464 e. The SMILES string of the molecule is NC(CS)C(=O)OCC1CCOC1. The fourth-order valence-corrected chi connectivity index (χ4v) is 1.25. The minimum absolute atomic E-state index is 0.319. The third-order valence-corrected chi connectivity index (χ3v) is 2.38. The Hall–Kier alpha value is -0.260. The van der Waals surface area contributed by atoms with Crippen molar-refractivity contribution in [3.63, 3.8) is 0 Å². The van der Waals surface area contributed by atoms with Crippen LogP contribution in [0.5, 0.6) is 0 Å². The van der Waals surface area contributed by atoms with Crippen LogP contribution in [0.25, 0.3) is 0 Å². The Balaban J connectivity index is 2.13. The van der Waals surface area contributed by atoms with Crippen LogP contribution < -0.4 is 5.73 Å². The Morgan fingerprint density at radius 2 is 2.54 bits per heavy atom. The van der Waals surface area contributed by atoms with Gasteiger partial charge in [-0.05, 0) is 6.42 Å². The van der Waals surface area contributed by atoms with Crippen molar-refractivity contribution in [3.8, 4) is 0 Å². The summed E-state index contributed by atoms with van der Waals surface area (Å²) in [6, 6.07) is -0.606. The van der Waals surface area contributed by atoms with E-state index < -0.39 is 6.04 Å². The molecule has 0 saturated carbocycles. The zero-order valence-electron chi connectivity index (χ0n) is 7.44. The lowest BCUT2D eigenvalue weighted by Gasteiger charge is -2.11. The normalized spacial score (nSPS) is 24.3. The molecule has 2 atom stereocenters. The molecule has 1 fully saturated rings. The summed E-state index contributed by atoms with van der Waals surface area (Å²) in [5.74, 6) is 0.290. The van der Waals surface area contributed by atoms with E-state index in [9.17, 15) is 4.79 Å². The number of ether oxygens (including phenoxy) is 2. The second-order valence-corrected chi connectivity index (χ2v) is 3.51. The van der Waals surface area contributed by atoms with Gasteiger partial charge in [-0.15, -0.1) is 0 Å². The van der Waals surface area contributed by atoms with E-state index in [1.807, 2.05) is 0 Å². The second-order valence-electron chi connectivity index (χ2n) is 3.15. The summed E-state index contributed by atoms with van der Waals surface area (Å²) >= 11 is 3.91. The summed E-state index contributed by atoms with van der Waals surface area (Å²) in [5, 5.41) is 0.